The second-order valence-corrected chi connectivity index (χ2v) is 9.07. The number of phenols is 1. The van der Waals surface area contributed by atoms with Crippen molar-refractivity contribution in [1.82, 2.24) is 4.31 Å². The van der Waals surface area contributed by atoms with E-state index in [0.717, 1.165) is 24.8 Å². The summed E-state index contributed by atoms with van der Waals surface area (Å²) in [6.07, 6.45) is 2.74. The summed E-state index contributed by atoms with van der Waals surface area (Å²) in [5, 5.41) is 12.3. The van der Waals surface area contributed by atoms with Gasteiger partial charge in [0.1, 0.15) is 11.3 Å². The number of nitrogens with one attached hydrogen (secondary N) is 1. The molecule has 1 aliphatic rings. The predicted octanol–water partition coefficient (Wildman–Crippen LogP) is 2.67. The molecule has 160 valence electrons. The van der Waals surface area contributed by atoms with Gasteiger partial charge in [-0.2, -0.15) is 4.31 Å². The SMILES string of the molecule is Cc1ccc(O)c(C(=O)OCC(=O)Nc2ccc(S(=O)(=O)N3CCCCC3)cc2)c1. The second kappa shape index (κ2) is 9.27. The molecule has 0 radical (unpaired) electrons. The molecule has 9 heteroatoms. The van der Waals surface area contributed by atoms with Crippen LogP contribution in [0.15, 0.2) is 47.4 Å². The molecule has 1 saturated heterocycles. The average Bonchev–Trinajstić information content (AvgIpc) is 2.75. The molecule has 0 aliphatic carbocycles. The maximum Gasteiger partial charge on any atom is 0.342 e. The number of amides is 1. The first-order valence-electron chi connectivity index (χ1n) is 9.64. The number of rotatable bonds is 6. The highest BCUT2D eigenvalue weighted by atomic mass is 32.2. The fourth-order valence-corrected chi connectivity index (χ4v) is 4.70. The highest BCUT2D eigenvalue weighted by Gasteiger charge is 2.25. The molecule has 2 aromatic rings. The van der Waals surface area contributed by atoms with Crippen LogP contribution in [0.2, 0.25) is 0 Å². The molecule has 1 fully saturated rings. The van der Waals surface area contributed by atoms with Crippen molar-refractivity contribution in [3.8, 4) is 5.75 Å². The lowest BCUT2D eigenvalue weighted by molar-refractivity contribution is -0.119. The number of phenolic OH excluding ortho intramolecular Hbond substituents is 1. The van der Waals surface area contributed by atoms with Crippen LogP contribution in [0, 0.1) is 6.92 Å². The van der Waals surface area contributed by atoms with Gasteiger partial charge in [0.15, 0.2) is 6.61 Å². The van der Waals surface area contributed by atoms with Crippen molar-refractivity contribution in [3.05, 3.63) is 53.6 Å². The number of benzene rings is 2. The Balaban J connectivity index is 1.57. The van der Waals surface area contributed by atoms with Gasteiger partial charge in [0.05, 0.1) is 4.90 Å². The van der Waals surface area contributed by atoms with Crippen LogP contribution in [-0.4, -0.2) is 49.4 Å². The number of hydrogen-bond donors (Lipinski definition) is 2. The van der Waals surface area contributed by atoms with E-state index in [9.17, 15) is 23.1 Å². The van der Waals surface area contributed by atoms with Gasteiger partial charge in [-0.3, -0.25) is 4.79 Å². The Morgan fingerprint density at radius 1 is 1.07 bits per heavy atom. The number of ether oxygens (including phenoxy) is 1. The number of sulfonamides is 1. The van der Waals surface area contributed by atoms with Gasteiger partial charge in [0.25, 0.3) is 5.91 Å². The molecular weight excluding hydrogens is 408 g/mol. The number of hydrogen-bond acceptors (Lipinski definition) is 6. The van der Waals surface area contributed by atoms with E-state index in [2.05, 4.69) is 5.32 Å². The highest BCUT2D eigenvalue weighted by molar-refractivity contribution is 7.89. The third-order valence-electron chi connectivity index (χ3n) is 4.80. The quantitative estimate of drug-likeness (QED) is 0.679. The van der Waals surface area contributed by atoms with Crippen LogP contribution in [0.3, 0.4) is 0 Å². The van der Waals surface area contributed by atoms with Crippen LogP contribution < -0.4 is 5.32 Å². The molecule has 30 heavy (non-hydrogen) atoms. The maximum atomic E-state index is 12.6. The van der Waals surface area contributed by atoms with E-state index in [4.69, 9.17) is 4.74 Å². The van der Waals surface area contributed by atoms with Crippen LogP contribution in [0.4, 0.5) is 5.69 Å². The summed E-state index contributed by atoms with van der Waals surface area (Å²) in [6.45, 7) is 2.25. The van der Waals surface area contributed by atoms with E-state index in [0.29, 0.717) is 18.8 Å². The van der Waals surface area contributed by atoms with Crippen molar-refractivity contribution in [2.24, 2.45) is 0 Å². The van der Waals surface area contributed by atoms with Crippen molar-refractivity contribution in [2.45, 2.75) is 31.1 Å². The Labute approximate surface area is 175 Å². The molecule has 0 bridgehead atoms. The smallest absolute Gasteiger partial charge is 0.342 e. The van der Waals surface area contributed by atoms with Gasteiger partial charge in [0, 0.05) is 18.8 Å². The van der Waals surface area contributed by atoms with Crippen molar-refractivity contribution in [1.29, 1.82) is 0 Å². The van der Waals surface area contributed by atoms with Crippen molar-refractivity contribution >= 4 is 27.6 Å². The zero-order valence-electron chi connectivity index (χ0n) is 16.6. The third kappa shape index (κ3) is 5.17. The summed E-state index contributed by atoms with van der Waals surface area (Å²) >= 11 is 0. The van der Waals surface area contributed by atoms with Crippen LogP contribution >= 0.6 is 0 Å². The first kappa shape index (κ1) is 21.8. The highest BCUT2D eigenvalue weighted by Crippen LogP contribution is 2.22. The van der Waals surface area contributed by atoms with Gasteiger partial charge < -0.3 is 15.2 Å². The van der Waals surface area contributed by atoms with E-state index in [1.807, 2.05) is 0 Å². The lowest BCUT2D eigenvalue weighted by Gasteiger charge is -2.25. The Kier molecular flexibility index (Phi) is 6.73. The van der Waals surface area contributed by atoms with Gasteiger partial charge in [-0.25, -0.2) is 13.2 Å². The Hall–Kier alpha value is -2.91. The van der Waals surface area contributed by atoms with Crippen molar-refractivity contribution in [2.75, 3.05) is 25.0 Å². The van der Waals surface area contributed by atoms with Gasteiger partial charge in [-0.05, 0) is 56.2 Å². The molecule has 3 rings (SSSR count). The minimum absolute atomic E-state index is 0.0185. The van der Waals surface area contributed by atoms with E-state index in [1.165, 1.54) is 40.7 Å². The predicted molar refractivity (Wildman–Crippen MR) is 111 cm³/mol. The molecule has 0 atom stereocenters. The summed E-state index contributed by atoms with van der Waals surface area (Å²) in [5.41, 5.74) is 1.13. The molecule has 0 aromatic heterocycles. The minimum Gasteiger partial charge on any atom is -0.507 e. The lowest BCUT2D eigenvalue weighted by atomic mass is 10.1. The van der Waals surface area contributed by atoms with Gasteiger partial charge in [0.2, 0.25) is 10.0 Å². The molecule has 1 aliphatic heterocycles. The molecule has 1 heterocycles. The summed E-state index contributed by atoms with van der Waals surface area (Å²) in [5.74, 6) is -1.62. The summed E-state index contributed by atoms with van der Waals surface area (Å²) < 4.78 is 31.7. The van der Waals surface area contributed by atoms with E-state index in [1.54, 1.807) is 13.0 Å². The van der Waals surface area contributed by atoms with Crippen molar-refractivity contribution < 1.29 is 27.9 Å². The van der Waals surface area contributed by atoms with E-state index in [-0.39, 0.29) is 16.2 Å². The Bertz CT molecular complexity index is 1030. The Morgan fingerprint density at radius 3 is 2.40 bits per heavy atom. The number of carbonyl (C=O) groups is 2. The average molecular weight is 432 g/mol. The number of aryl methyl sites for hydroxylation is 1. The Morgan fingerprint density at radius 2 is 1.73 bits per heavy atom. The zero-order valence-corrected chi connectivity index (χ0v) is 17.4. The van der Waals surface area contributed by atoms with E-state index >= 15 is 0 Å². The second-order valence-electron chi connectivity index (χ2n) is 7.13. The number of piperidine rings is 1. The molecule has 0 unspecified atom stereocenters. The molecule has 8 nitrogen and oxygen atoms in total. The standard InChI is InChI=1S/C21H24N2O6S/c1-15-5-10-19(24)18(13-15)21(26)29-14-20(25)22-16-6-8-17(9-7-16)30(27,28)23-11-3-2-4-12-23/h5-10,13,24H,2-4,11-12,14H2,1H3,(H,22,25). The van der Waals surface area contributed by atoms with E-state index < -0.39 is 28.5 Å². The summed E-state index contributed by atoms with van der Waals surface area (Å²) in [7, 11) is -3.54. The van der Waals surface area contributed by atoms with Gasteiger partial charge >= 0.3 is 5.97 Å². The maximum absolute atomic E-state index is 12.6. The molecular formula is C21H24N2O6S. The molecule has 0 saturated carbocycles. The largest absolute Gasteiger partial charge is 0.507 e. The third-order valence-corrected chi connectivity index (χ3v) is 6.71. The first-order valence-corrected chi connectivity index (χ1v) is 11.1. The summed E-state index contributed by atoms with van der Waals surface area (Å²) in [6, 6.07) is 10.4. The number of esters is 1. The number of anilines is 1. The summed E-state index contributed by atoms with van der Waals surface area (Å²) in [4.78, 5) is 24.3. The number of carbonyl (C=O) groups excluding carboxylic acids is 2. The van der Waals surface area contributed by atoms with Crippen molar-refractivity contribution in [3.63, 3.8) is 0 Å². The normalized spacial score (nSPS) is 14.8. The zero-order chi connectivity index (χ0) is 21.7. The van der Waals surface area contributed by atoms with Crippen LogP contribution in [0.1, 0.15) is 35.2 Å². The first-order chi connectivity index (χ1) is 14.3. The fraction of sp³-hybridized carbons (Fsp3) is 0.333. The minimum atomic E-state index is -3.54. The van der Waals surface area contributed by atoms with Crippen LogP contribution in [0.25, 0.3) is 0 Å². The van der Waals surface area contributed by atoms with Crippen LogP contribution in [0.5, 0.6) is 5.75 Å². The molecule has 1 amide bonds. The molecule has 2 aromatic carbocycles. The fourth-order valence-electron chi connectivity index (χ4n) is 3.18. The number of aromatic hydroxyl groups is 1. The monoisotopic (exact) mass is 432 g/mol. The van der Waals surface area contributed by atoms with Gasteiger partial charge in [-0.15, -0.1) is 0 Å². The topological polar surface area (TPSA) is 113 Å². The molecule has 2 N–H and O–H groups in total. The van der Waals surface area contributed by atoms with Crippen LogP contribution in [-0.2, 0) is 19.6 Å². The van der Waals surface area contributed by atoms with Gasteiger partial charge in [-0.1, -0.05) is 18.1 Å². The number of nitrogens with zero attached hydrogens (tertiary/aromatic N) is 1. The molecule has 0 spiro atoms. The lowest BCUT2D eigenvalue weighted by Crippen LogP contribution is -2.35.